The van der Waals surface area contributed by atoms with E-state index < -0.39 is 0 Å². The maximum atomic E-state index is 4.53. The fraction of sp³-hybridized carbons (Fsp3) is 0.286. The average molecular weight is 283 g/mol. The maximum Gasteiger partial charge on any atom is 0.230 e. The largest absolute Gasteiger partial charge is 0.354 e. The number of pyridine rings is 1. The van der Waals surface area contributed by atoms with Gasteiger partial charge in [-0.1, -0.05) is 6.07 Å². The predicted octanol–water partition coefficient (Wildman–Crippen LogP) is 1.68. The molecule has 3 aromatic heterocycles. The van der Waals surface area contributed by atoms with E-state index in [0.29, 0.717) is 17.7 Å². The summed E-state index contributed by atoms with van der Waals surface area (Å²) in [4.78, 5) is 19.6. The third kappa shape index (κ3) is 2.49. The summed E-state index contributed by atoms with van der Waals surface area (Å²) in [7, 11) is 3.82. The van der Waals surface area contributed by atoms with E-state index in [1.807, 2.05) is 54.7 Å². The first kappa shape index (κ1) is 13.3. The molecule has 0 fully saturated rings. The number of hydrogen-bond acceptors (Lipinski definition) is 6. The number of imidazole rings is 1. The second-order valence-electron chi connectivity index (χ2n) is 4.77. The van der Waals surface area contributed by atoms with Gasteiger partial charge in [0.1, 0.15) is 5.65 Å². The zero-order valence-electron chi connectivity index (χ0n) is 12.3. The van der Waals surface area contributed by atoms with Crippen LogP contribution in [0.1, 0.15) is 6.92 Å². The van der Waals surface area contributed by atoms with E-state index >= 15 is 0 Å². The van der Waals surface area contributed by atoms with Crippen LogP contribution in [0.2, 0.25) is 0 Å². The molecule has 0 unspecified atom stereocenters. The molecule has 0 aromatic carbocycles. The first-order valence-electron chi connectivity index (χ1n) is 6.78. The van der Waals surface area contributed by atoms with Gasteiger partial charge in [-0.2, -0.15) is 15.0 Å². The summed E-state index contributed by atoms with van der Waals surface area (Å²) in [5, 5.41) is 3.14. The van der Waals surface area contributed by atoms with Gasteiger partial charge in [0.05, 0.1) is 5.69 Å². The molecule has 0 spiro atoms. The summed E-state index contributed by atoms with van der Waals surface area (Å²) >= 11 is 0. The minimum atomic E-state index is 0.573. The third-order valence-corrected chi connectivity index (χ3v) is 3.02. The van der Waals surface area contributed by atoms with Crippen molar-refractivity contribution < 1.29 is 0 Å². The summed E-state index contributed by atoms with van der Waals surface area (Å²) < 4.78 is 1.96. The van der Waals surface area contributed by atoms with E-state index in [2.05, 4.69) is 25.3 Å². The highest BCUT2D eigenvalue weighted by Crippen LogP contribution is 2.20. The number of anilines is 2. The fourth-order valence-corrected chi connectivity index (χ4v) is 2.05. The predicted molar refractivity (Wildman–Crippen MR) is 82.5 cm³/mol. The highest BCUT2D eigenvalue weighted by atomic mass is 15.3. The number of aromatic nitrogens is 5. The fourth-order valence-electron chi connectivity index (χ4n) is 2.05. The zero-order chi connectivity index (χ0) is 14.8. The second kappa shape index (κ2) is 5.35. The lowest BCUT2D eigenvalue weighted by Gasteiger charge is -2.13. The summed E-state index contributed by atoms with van der Waals surface area (Å²) in [5.74, 6) is 1.81. The highest BCUT2D eigenvalue weighted by Gasteiger charge is 2.12. The molecule has 0 saturated carbocycles. The Labute approximate surface area is 122 Å². The lowest BCUT2D eigenvalue weighted by Crippen LogP contribution is -2.16. The van der Waals surface area contributed by atoms with Crippen LogP contribution >= 0.6 is 0 Å². The molecule has 1 N–H and O–H groups in total. The van der Waals surface area contributed by atoms with Crippen molar-refractivity contribution in [3.63, 3.8) is 0 Å². The second-order valence-corrected chi connectivity index (χ2v) is 4.77. The Balaban J connectivity index is 2.18. The van der Waals surface area contributed by atoms with Gasteiger partial charge in [-0.3, -0.25) is 4.40 Å². The minimum absolute atomic E-state index is 0.573. The maximum absolute atomic E-state index is 4.53. The molecule has 0 aliphatic heterocycles. The van der Waals surface area contributed by atoms with Crippen LogP contribution in [-0.4, -0.2) is 45.0 Å². The first-order valence-corrected chi connectivity index (χ1v) is 6.78. The number of rotatable bonds is 4. The van der Waals surface area contributed by atoms with E-state index in [1.165, 1.54) is 0 Å². The van der Waals surface area contributed by atoms with Crippen molar-refractivity contribution in [1.29, 1.82) is 0 Å². The summed E-state index contributed by atoms with van der Waals surface area (Å²) in [5.41, 5.74) is 1.75. The zero-order valence-corrected chi connectivity index (χ0v) is 12.3. The van der Waals surface area contributed by atoms with Crippen LogP contribution in [0, 0.1) is 0 Å². The molecule has 0 radical (unpaired) electrons. The molecule has 0 aliphatic rings. The normalized spacial score (nSPS) is 10.8. The van der Waals surface area contributed by atoms with Crippen molar-refractivity contribution in [2.75, 3.05) is 30.9 Å². The Hall–Kier alpha value is -2.70. The van der Waals surface area contributed by atoms with Crippen LogP contribution in [0.3, 0.4) is 0 Å². The molecule has 0 atom stereocenters. The van der Waals surface area contributed by atoms with E-state index in [0.717, 1.165) is 17.9 Å². The topological polar surface area (TPSA) is 71.2 Å². The van der Waals surface area contributed by atoms with Crippen LogP contribution in [0.4, 0.5) is 11.9 Å². The van der Waals surface area contributed by atoms with Crippen LogP contribution in [0.25, 0.3) is 17.2 Å². The van der Waals surface area contributed by atoms with Crippen LogP contribution in [0.5, 0.6) is 0 Å². The quantitative estimate of drug-likeness (QED) is 0.785. The molecule has 0 bridgehead atoms. The van der Waals surface area contributed by atoms with Gasteiger partial charge in [0.2, 0.25) is 11.9 Å². The molecule has 3 aromatic rings. The number of hydrogen-bond donors (Lipinski definition) is 1. The van der Waals surface area contributed by atoms with Crippen molar-refractivity contribution >= 4 is 17.5 Å². The van der Waals surface area contributed by atoms with Crippen molar-refractivity contribution in [2.45, 2.75) is 6.92 Å². The molecular formula is C14H17N7. The van der Waals surface area contributed by atoms with Crippen LogP contribution in [0.15, 0.2) is 30.6 Å². The van der Waals surface area contributed by atoms with Gasteiger partial charge in [-0.25, -0.2) is 4.98 Å². The van der Waals surface area contributed by atoms with Crippen molar-refractivity contribution in [2.24, 2.45) is 0 Å². The highest BCUT2D eigenvalue weighted by molar-refractivity contribution is 5.59. The van der Waals surface area contributed by atoms with Gasteiger partial charge < -0.3 is 10.2 Å². The molecule has 0 aliphatic carbocycles. The lowest BCUT2D eigenvalue weighted by atomic mass is 10.3. The van der Waals surface area contributed by atoms with Gasteiger partial charge in [0, 0.05) is 33.0 Å². The Morgan fingerprint density at radius 3 is 2.81 bits per heavy atom. The third-order valence-electron chi connectivity index (χ3n) is 3.02. The van der Waals surface area contributed by atoms with E-state index in [9.17, 15) is 0 Å². The molecule has 3 rings (SSSR count). The molecule has 7 nitrogen and oxygen atoms in total. The van der Waals surface area contributed by atoms with Gasteiger partial charge in [0.25, 0.3) is 0 Å². The molecule has 3 heterocycles. The number of nitrogens with one attached hydrogen (secondary N) is 1. The number of fused-ring (bicyclic) bond motifs is 1. The van der Waals surface area contributed by atoms with E-state index in [-0.39, 0.29) is 0 Å². The Kier molecular flexibility index (Phi) is 3.39. The summed E-state index contributed by atoms with van der Waals surface area (Å²) in [6.07, 6.45) is 3.66. The SMILES string of the molecule is CCNc1nc(-c2cccc3nccn23)nc(N(C)C)n1. The van der Waals surface area contributed by atoms with Crippen molar-refractivity contribution in [3.8, 4) is 11.5 Å². The summed E-state index contributed by atoms with van der Waals surface area (Å²) in [6, 6.07) is 5.87. The standard InChI is InChI=1S/C14H17N7/c1-4-15-13-17-12(18-14(19-13)20(2)3)10-6-5-7-11-16-8-9-21(10)11/h5-9H,4H2,1-3H3,(H,15,17,18,19). The van der Waals surface area contributed by atoms with Crippen LogP contribution < -0.4 is 10.2 Å². The van der Waals surface area contributed by atoms with Gasteiger partial charge in [0.15, 0.2) is 5.82 Å². The Morgan fingerprint density at radius 1 is 1.19 bits per heavy atom. The van der Waals surface area contributed by atoms with E-state index in [1.54, 1.807) is 6.20 Å². The molecular weight excluding hydrogens is 266 g/mol. The molecule has 0 amide bonds. The van der Waals surface area contributed by atoms with Crippen LogP contribution in [-0.2, 0) is 0 Å². The molecule has 21 heavy (non-hydrogen) atoms. The molecule has 108 valence electrons. The van der Waals surface area contributed by atoms with Gasteiger partial charge in [-0.05, 0) is 19.1 Å². The number of nitrogens with zero attached hydrogens (tertiary/aromatic N) is 6. The minimum Gasteiger partial charge on any atom is -0.354 e. The Bertz CT molecular complexity index is 763. The first-order chi connectivity index (χ1) is 10.2. The molecule has 0 saturated heterocycles. The molecule has 7 heteroatoms. The average Bonchev–Trinajstić information content (AvgIpc) is 2.95. The van der Waals surface area contributed by atoms with Crippen molar-refractivity contribution in [3.05, 3.63) is 30.6 Å². The van der Waals surface area contributed by atoms with Crippen molar-refractivity contribution in [1.82, 2.24) is 24.3 Å². The monoisotopic (exact) mass is 283 g/mol. The smallest absolute Gasteiger partial charge is 0.230 e. The van der Waals surface area contributed by atoms with Gasteiger partial charge >= 0.3 is 0 Å². The van der Waals surface area contributed by atoms with E-state index in [4.69, 9.17) is 0 Å². The Morgan fingerprint density at radius 2 is 2.05 bits per heavy atom. The lowest BCUT2D eigenvalue weighted by molar-refractivity contribution is 0.945. The summed E-state index contributed by atoms with van der Waals surface area (Å²) in [6.45, 7) is 2.76. The van der Waals surface area contributed by atoms with Gasteiger partial charge in [-0.15, -0.1) is 0 Å².